The molecule has 3 rings (SSSR count). The fourth-order valence-electron chi connectivity index (χ4n) is 3.11. The number of nitro groups is 2. The molecule has 0 aliphatic carbocycles. The van der Waals surface area contributed by atoms with E-state index in [1.165, 1.54) is 24.3 Å². The number of para-hydroxylation sites is 1. The summed E-state index contributed by atoms with van der Waals surface area (Å²) < 4.78 is 4.94. The van der Waals surface area contributed by atoms with Gasteiger partial charge < -0.3 is 15.4 Å². The van der Waals surface area contributed by atoms with Crippen LogP contribution in [0.25, 0.3) is 0 Å². The fraction of sp³-hybridized carbons (Fsp3) is 0.130. The van der Waals surface area contributed by atoms with Crippen LogP contribution in [-0.4, -0.2) is 28.3 Å². The first-order valence-corrected chi connectivity index (χ1v) is 10.0. The number of esters is 1. The summed E-state index contributed by atoms with van der Waals surface area (Å²) in [5.41, 5.74) is 0.849. The number of benzene rings is 3. The maximum absolute atomic E-state index is 12.4. The van der Waals surface area contributed by atoms with Crippen molar-refractivity contribution in [2.75, 3.05) is 17.2 Å². The Morgan fingerprint density at radius 2 is 1.62 bits per heavy atom. The molecular weight excluding hydrogens is 444 g/mol. The van der Waals surface area contributed by atoms with E-state index in [0.29, 0.717) is 12.1 Å². The largest absolute Gasteiger partial charge is 0.452 e. The first-order chi connectivity index (χ1) is 16.3. The standard InChI is InChI=1S/C23H20N4O7/c1-15-6-5-9-19(26(30)31)22(15)25-21(28)14-34-23(29)17-10-11-18(20(12-17)27(32)33)24-13-16-7-3-2-4-8-16/h2-12,24H,13-14H2,1H3,(H,25,28). The molecule has 34 heavy (non-hydrogen) atoms. The third-order valence-electron chi connectivity index (χ3n) is 4.80. The minimum Gasteiger partial charge on any atom is -0.452 e. The van der Waals surface area contributed by atoms with Crippen molar-refractivity contribution in [3.63, 3.8) is 0 Å². The molecule has 0 radical (unpaired) electrons. The summed E-state index contributed by atoms with van der Waals surface area (Å²) in [6, 6.07) is 17.4. The molecule has 0 fully saturated rings. The average molecular weight is 464 g/mol. The third kappa shape index (κ3) is 5.91. The Morgan fingerprint density at radius 3 is 2.29 bits per heavy atom. The summed E-state index contributed by atoms with van der Waals surface area (Å²) in [7, 11) is 0. The molecule has 0 saturated carbocycles. The summed E-state index contributed by atoms with van der Waals surface area (Å²) >= 11 is 0. The van der Waals surface area contributed by atoms with Gasteiger partial charge in [-0.2, -0.15) is 0 Å². The molecule has 0 unspecified atom stereocenters. The van der Waals surface area contributed by atoms with E-state index < -0.39 is 28.3 Å². The number of rotatable bonds is 9. The van der Waals surface area contributed by atoms with Crippen LogP contribution in [-0.2, 0) is 16.1 Å². The van der Waals surface area contributed by atoms with E-state index in [1.54, 1.807) is 13.0 Å². The summed E-state index contributed by atoms with van der Waals surface area (Å²) in [6.45, 7) is 1.20. The number of aryl methyl sites for hydroxylation is 1. The van der Waals surface area contributed by atoms with Crippen molar-refractivity contribution >= 4 is 34.6 Å². The lowest BCUT2D eigenvalue weighted by molar-refractivity contribution is -0.384. The number of anilines is 2. The molecule has 0 aromatic heterocycles. The Labute approximate surface area is 193 Å². The highest BCUT2D eigenvalue weighted by Gasteiger charge is 2.21. The van der Waals surface area contributed by atoms with Gasteiger partial charge in [-0.3, -0.25) is 25.0 Å². The molecule has 0 bridgehead atoms. The molecule has 0 saturated heterocycles. The normalized spacial score (nSPS) is 10.3. The van der Waals surface area contributed by atoms with Crippen molar-refractivity contribution in [2.45, 2.75) is 13.5 Å². The topological polar surface area (TPSA) is 154 Å². The van der Waals surface area contributed by atoms with Crippen LogP contribution in [0.3, 0.4) is 0 Å². The van der Waals surface area contributed by atoms with Crippen molar-refractivity contribution in [3.8, 4) is 0 Å². The van der Waals surface area contributed by atoms with Gasteiger partial charge in [-0.1, -0.05) is 42.5 Å². The predicted octanol–water partition coefficient (Wildman–Crippen LogP) is 4.22. The van der Waals surface area contributed by atoms with E-state index in [2.05, 4.69) is 10.6 Å². The van der Waals surface area contributed by atoms with E-state index in [4.69, 9.17) is 4.74 Å². The molecule has 174 valence electrons. The Morgan fingerprint density at radius 1 is 0.912 bits per heavy atom. The lowest BCUT2D eigenvalue weighted by Gasteiger charge is -2.10. The number of hydrogen-bond acceptors (Lipinski definition) is 8. The number of nitrogens with zero attached hydrogens (tertiary/aromatic N) is 2. The molecule has 3 aromatic carbocycles. The summed E-state index contributed by atoms with van der Waals surface area (Å²) in [5, 5.41) is 28.0. The second kappa shape index (κ2) is 10.7. The van der Waals surface area contributed by atoms with E-state index in [1.807, 2.05) is 30.3 Å². The number of nitro benzene ring substituents is 2. The van der Waals surface area contributed by atoms with Crippen molar-refractivity contribution in [1.82, 2.24) is 0 Å². The Bertz CT molecular complexity index is 1250. The molecule has 0 aliphatic heterocycles. The van der Waals surface area contributed by atoms with Crippen molar-refractivity contribution < 1.29 is 24.2 Å². The van der Waals surface area contributed by atoms with Crippen LogP contribution >= 0.6 is 0 Å². The number of nitrogens with one attached hydrogen (secondary N) is 2. The second-order valence-electron chi connectivity index (χ2n) is 7.18. The second-order valence-corrected chi connectivity index (χ2v) is 7.18. The van der Waals surface area contributed by atoms with Crippen molar-refractivity contribution in [2.24, 2.45) is 0 Å². The molecule has 11 heteroatoms. The number of amides is 1. The highest BCUT2D eigenvalue weighted by atomic mass is 16.6. The molecule has 0 heterocycles. The van der Waals surface area contributed by atoms with Gasteiger partial charge in [0.05, 0.1) is 15.4 Å². The molecule has 0 atom stereocenters. The van der Waals surface area contributed by atoms with Gasteiger partial charge in [-0.15, -0.1) is 0 Å². The minimum atomic E-state index is -0.952. The van der Waals surface area contributed by atoms with Crippen LogP contribution in [0, 0.1) is 27.2 Å². The van der Waals surface area contributed by atoms with Crippen molar-refractivity contribution in [1.29, 1.82) is 0 Å². The Kier molecular flexibility index (Phi) is 7.49. The molecule has 0 aliphatic rings. The van der Waals surface area contributed by atoms with Gasteiger partial charge in [-0.25, -0.2) is 4.79 Å². The Balaban J connectivity index is 1.66. The summed E-state index contributed by atoms with van der Waals surface area (Å²) in [5.74, 6) is -1.74. The zero-order chi connectivity index (χ0) is 24.7. The van der Waals surface area contributed by atoms with Crippen LogP contribution < -0.4 is 10.6 Å². The quantitative estimate of drug-likeness (QED) is 0.271. The van der Waals surface area contributed by atoms with Crippen molar-refractivity contribution in [3.05, 3.63) is 104 Å². The SMILES string of the molecule is Cc1cccc([N+](=O)[O-])c1NC(=O)COC(=O)c1ccc(NCc2ccccc2)c([N+](=O)[O-])c1. The first-order valence-electron chi connectivity index (χ1n) is 10.0. The van der Waals surface area contributed by atoms with Crippen LogP contribution in [0.5, 0.6) is 0 Å². The molecule has 0 spiro atoms. The summed E-state index contributed by atoms with van der Waals surface area (Å²) in [6.07, 6.45) is 0. The average Bonchev–Trinajstić information content (AvgIpc) is 2.82. The number of carbonyl (C=O) groups excluding carboxylic acids is 2. The van der Waals surface area contributed by atoms with Gasteiger partial charge in [0.25, 0.3) is 17.3 Å². The van der Waals surface area contributed by atoms with Gasteiger partial charge >= 0.3 is 5.97 Å². The fourth-order valence-corrected chi connectivity index (χ4v) is 3.11. The van der Waals surface area contributed by atoms with E-state index in [-0.39, 0.29) is 28.3 Å². The van der Waals surface area contributed by atoms with Gasteiger partial charge in [0.15, 0.2) is 6.61 Å². The zero-order valence-corrected chi connectivity index (χ0v) is 18.0. The first kappa shape index (κ1) is 23.9. The van der Waals surface area contributed by atoms with Gasteiger partial charge in [0.1, 0.15) is 11.4 Å². The summed E-state index contributed by atoms with van der Waals surface area (Å²) in [4.78, 5) is 45.9. The van der Waals surface area contributed by atoms with Crippen LogP contribution in [0.15, 0.2) is 66.7 Å². The van der Waals surface area contributed by atoms with Gasteiger partial charge in [0.2, 0.25) is 0 Å². The lowest BCUT2D eigenvalue weighted by atomic mass is 10.1. The van der Waals surface area contributed by atoms with Gasteiger partial charge in [0, 0.05) is 18.7 Å². The molecule has 1 amide bonds. The minimum absolute atomic E-state index is 0.00182. The number of carbonyl (C=O) groups is 2. The zero-order valence-electron chi connectivity index (χ0n) is 18.0. The van der Waals surface area contributed by atoms with Crippen LogP contribution in [0.1, 0.15) is 21.5 Å². The highest BCUT2D eigenvalue weighted by molar-refractivity contribution is 5.97. The van der Waals surface area contributed by atoms with Crippen LogP contribution in [0.4, 0.5) is 22.7 Å². The molecular formula is C23H20N4O7. The van der Waals surface area contributed by atoms with Crippen LogP contribution in [0.2, 0.25) is 0 Å². The Hall–Kier alpha value is -4.80. The van der Waals surface area contributed by atoms with E-state index in [0.717, 1.165) is 11.6 Å². The smallest absolute Gasteiger partial charge is 0.338 e. The monoisotopic (exact) mass is 464 g/mol. The number of hydrogen-bond donors (Lipinski definition) is 2. The third-order valence-corrected chi connectivity index (χ3v) is 4.80. The number of ether oxygens (including phenoxy) is 1. The maximum atomic E-state index is 12.4. The highest BCUT2D eigenvalue weighted by Crippen LogP contribution is 2.28. The van der Waals surface area contributed by atoms with E-state index in [9.17, 15) is 29.8 Å². The van der Waals surface area contributed by atoms with Gasteiger partial charge in [-0.05, 0) is 30.2 Å². The van der Waals surface area contributed by atoms with E-state index >= 15 is 0 Å². The lowest BCUT2D eigenvalue weighted by Crippen LogP contribution is -2.22. The molecule has 11 nitrogen and oxygen atoms in total. The maximum Gasteiger partial charge on any atom is 0.338 e. The molecule has 2 N–H and O–H groups in total. The molecule has 3 aromatic rings. The predicted molar refractivity (Wildman–Crippen MR) is 124 cm³/mol.